The Kier molecular flexibility index (Phi) is 7.36. The van der Waals surface area contributed by atoms with Gasteiger partial charge in [-0.15, -0.1) is 4.33 Å². The summed E-state index contributed by atoms with van der Waals surface area (Å²) < 4.78 is 61.2. The van der Waals surface area contributed by atoms with Gasteiger partial charge in [0.15, 0.2) is 0 Å². The molecule has 116 valence electrons. The van der Waals surface area contributed by atoms with Crippen LogP contribution in [-0.2, 0) is 42.8 Å². The minimum atomic E-state index is -4.09. The molecule has 0 aliphatic heterocycles. The van der Waals surface area contributed by atoms with Crippen molar-refractivity contribution in [2.24, 2.45) is 5.41 Å². The number of methoxy groups -OCH3 is 1. The van der Waals surface area contributed by atoms with Gasteiger partial charge in [-0.3, -0.25) is 4.18 Å². The van der Waals surface area contributed by atoms with Crippen molar-refractivity contribution >= 4 is 20.5 Å². The normalized spacial score (nSPS) is 16.2. The molecule has 0 aromatic carbocycles. The third kappa shape index (κ3) is 9.27. The minimum Gasteiger partial charge on any atom is -0.384 e. The summed E-state index contributed by atoms with van der Waals surface area (Å²) in [7, 11) is -5.51. The van der Waals surface area contributed by atoms with Crippen molar-refractivity contribution in [1.29, 1.82) is 0 Å². The largest absolute Gasteiger partial charge is 0.399 e. The molecule has 11 heteroatoms. The molecule has 0 rings (SSSR count). The molecule has 19 heavy (non-hydrogen) atoms. The first-order valence-electron chi connectivity index (χ1n) is 4.98. The predicted octanol–water partition coefficient (Wildman–Crippen LogP) is -0.545. The smallest absolute Gasteiger partial charge is 0.384 e. The van der Waals surface area contributed by atoms with Crippen molar-refractivity contribution in [3.8, 4) is 0 Å². The Labute approximate surface area is 113 Å². The summed E-state index contributed by atoms with van der Waals surface area (Å²) in [4.78, 5) is 4.53. The van der Waals surface area contributed by atoms with Gasteiger partial charge in [0, 0.05) is 12.5 Å². The second-order valence-electron chi connectivity index (χ2n) is 4.12. The Morgan fingerprint density at radius 2 is 1.58 bits per heavy atom. The topological polar surface area (TPSA) is 114 Å². The van der Waals surface area contributed by atoms with Gasteiger partial charge in [0.05, 0.1) is 33.2 Å². The van der Waals surface area contributed by atoms with E-state index < -0.39 is 25.9 Å². The molecule has 0 saturated heterocycles. The van der Waals surface area contributed by atoms with Gasteiger partial charge in [-0.05, 0) is 0 Å². The van der Waals surface area contributed by atoms with E-state index >= 15 is 0 Å². The van der Waals surface area contributed by atoms with Crippen LogP contribution in [0, 0.1) is 5.41 Å². The van der Waals surface area contributed by atoms with E-state index in [1.807, 2.05) is 0 Å². The quantitative estimate of drug-likeness (QED) is 0.386. The van der Waals surface area contributed by atoms with Crippen LogP contribution in [0.5, 0.6) is 0 Å². The van der Waals surface area contributed by atoms with Crippen LogP contribution < -0.4 is 0 Å². The lowest BCUT2D eigenvalue weighted by atomic mass is 9.95. The third-order valence-corrected chi connectivity index (χ3v) is 2.99. The Balaban J connectivity index is 4.49. The predicted molar refractivity (Wildman–Crippen MR) is 63.7 cm³/mol. The number of ether oxygens (including phenoxy) is 1. The van der Waals surface area contributed by atoms with Crippen LogP contribution in [-0.4, -0.2) is 57.1 Å². The summed E-state index contributed by atoms with van der Waals surface area (Å²) in [6.45, 7) is 1.03. The molecule has 0 heterocycles. The van der Waals surface area contributed by atoms with Crippen molar-refractivity contribution in [3.05, 3.63) is 0 Å². The maximum absolute atomic E-state index is 11.0. The maximum Gasteiger partial charge on any atom is 0.399 e. The maximum atomic E-state index is 11.0. The standard InChI is InChI=1S/C8H18O9S2/c1-8(5-13-2,6-15-17-18(4,9)10)7-16-19(11,12)14-3/h5-7H2,1-4H3. The van der Waals surface area contributed by atoms with E-state index in [-0.39, 0.29) is 19.8 Å². The van der Waals surface area contributed by atoms with E-state index in [1.165, 1.54) is 7.11 Å². The molecule has 0 aliphatic rings. The van der Waals surface area contributed by atoms with Crippen molar-refractivity contribution in [2.45, 2.75) is 6.92 Å². The monoisotopic (exact) mass is 322 g/mol. The lowest BCUT2D eigenvalue weighted by molar-refractivity contribution is -0.230. The highest BCUT2D eigenvalue weighted by atomic mass is 32.3. The Morgan fingerprint density at radius 3 is 2.00 bits per heavy atom. The molecule has 0 aromatic rings. The summed E-state index contributed by atoms with van der Waals surface area (Å²) in [5.74, 6) is 0. The molecular weight excluding hydrogens is 304 g/mol. The van der Waals surface area contributed by atoms with Gasteiger partial charge in [0.1, 0.15) is 0 Å². The first kappa shape index (κ1) is 18.7. The van der Waals surface area contributed by atoms with Gasteiger partial charge in [-0.2, -0.15) is 16.8 Å². The number of rotatable bonds is 10. The van der Waals surface area contributed by atoms with Gasteiger partial charge in [-0.25, -0.2) is 9.07 Å². The highest BCUT2D eigenvalue weighted by Gasteiger charge is 2.29. The fraction of sp³-hybridized carbons (Fsp3) is 1.00. The van der Waals surface area contributed by atoms with Crippen LogP contribution in [0.2, 0.25) is 0 Å². The molecule has 0 spiro atoms. The zero-order valence-electron chi connectivity index (χ0n) is 11.1. The number of hydrogen-bond donors (Lipinski definition) is 0. The van der Waals surface area contributed by atoms with Crippen molar-refractivity contribution in [2.75, 3.05) is 40.3 Å². The van der Waals surface area contributed by atoms with Gasteiger partial charge >= 0.3 is 10.4 Å². The summed E-state index contributed by atoms with van der Waals surface area (Å²) in [5, 5.41) is 0. The second-order valence-corrected chi connectivity index (χ2v) is 7.04. The van der Waals surface area contributed by atoms with Crippen LogP contribution in [0.15, 0.2) is 0 Å². The van der Waals surface area contributed by atoms with Crippen LogP contribution >= 0.6 is 0 Å². The van der Waals surface area contributed by atoms with Gasteiger partial charge < -0.3 is 4.74 Å². The SMILES string of the molecule is COCC(C)(COOS(C)(=O)=O)COS(=O)(=O)OC. The van der Waals surface area contributed by atoms with E-state index in [2.05, 4.69) is 17.6 Å². The Hall–Kier alpha value is -0.300. The van der Waals surface area contributed by atoms with E-state index in [0.717, 1.165) is 13.4 Å². The molecular formula is C8H18O9S2. The van der Waals surface area contributed by atoms with Gasteiger partial charge in [0.25, 0.3) is 10.1 Å². The zero-order chi connectivity index (χ0) is 15.2. The molecule has 0 saturated carbocycles. The lowest BCUT2D eigenvalue weighted by Gasteiger charge is -2.26. The average molecular weight is 322 g/mol. The Bertz CT molecular complexity index is 455. The van der Waals surface area contributed by atoms with E-state index in [9.17, 15) is 16.8 Å². The highest BCUT2D eigenvalue weighted by molar-refractivity contribution is 7.85. The molecule has 0 amide bonds. The second kappa shape index (κ2) is 7.47. The molecule has 1 unspecified atom stereocenters. The molecule has 0 aromatic heterocycles. The van der Waals surface area contributed by atoms with Gasteiger partial charge in [0.2, 0.25) is 0 Å². The van der Waals surface area contributed by atoms with Crippen LogP contribution in [0.25, 0.3) is 0 Å². The lowest BCUT2D eigenvalue weighted by Crippen LogP contribution is -2.35. The van der Waals surface area contributed by atoms with E-state index in [4.69, 9.17) is 4.74 Å². The summed E-state index contributed by atoms with van der Waals surface area (Å²) in [6.07, 6.45) is 0.812. The molecule has 0 aliphatic carbocycles. The zero-order valence-corrected chi connectivity index (χ0v) is 12.7. The molecule has 0 bridgehead atoms. The van der Waals surface area contributed by atoms with Crippen molar-refractivity contribution in [3.63, 3.8) is 0 Å². The fourth-order valence-corrected chi connectivity index (χ4v) is 1.74. The van der Waals surface area contributed by atoms with Crippen LogP contribution in [0.3, 0.4) is 0 Å². The molecule has 0 fully saturated rings. The minimum absolute atomic E-state index is 0.0549. The molecule has 9 nitrogen and oxygen atoms in total. The molecule has 0 N–H and O–H groups in total. The fourth-order valence-electron chi connectivity index (χ4n) is 0.990. The third-order valence-electron chi connectivity index (χ3n) is 1.83. The van der Waals surface area contributed by atoms with E-state index in [1.54, 1.807) is 6.92 Å². The van der Waals surface area contributed by atoms with Crippen molar-refractivity contribution in [1.82, 2.24) is 0 Å². The highest BCUT2D eigenvalue weighted by Crippen LogP contribution is 2.19. The summed E-state index contributed by atoms with van der Waals surface area (Å²) >= 11 is 0. The molecule has 0 radical (unpaired) electrons. The van der Waals surface area contributed by atoms with Gasteiger partial charge in [-0.1, -0.05) is 6.92 Å². The van der Waals surface area contributed by atoms with Crippen LogP contribution in [0.4, 0.5) is 0 Å². The first-order chi connectivity index (χ1) is 8.54. The summed E-state index contributed by atoms with van der Waals surface area (Å²) in [6, 6.07) is 0. The van der Waals surface area contributed by atoms with Crippen LogP contribution in [0.1, 0.15) is 6.92 Å². The summed E-state index contributed by atoms with van der Waals surface area (Å²) in [5.41, 5.74) is -0.939. The molecule has 1 atom stereocenters. The Morgan fingerprint density at radius 1 is 1.00 bits per heavy atom. The van der Waals surface area contributed by atoms with Crippen molar-refractivity contribution < 1.29 is 39.2 Å². The first-order valence-corrected chi connectivity index (χ1v) is 8.13. The number of hydrogen-bond acceptors (Lipinski definition) is 9. The average Bonchev–Trinajstić information content (AvgIpc) is 2.25. The van der Waals surface area contributed by atoms with E-state index in [0.29, 0.717) is 0 Å².